The van der Waals surface area contributed by atoms with Crippen molar-refractivity contribution in [2.24, 2.45) is 5.92 Å². The van der Waals surface area contributed by atoms with Crippen molar-refractivity contribution < 1.29 is 14.7 Å². The molecule has 0 bridgehead atoms. The second-order valence-corrected chi connectivity index (χ2v) is 4.44. The van der Waals surface area contributed by atoms with Crippen molar-refractivity contribution in [3.05, 3.63) is 0 Å². The molecule has 5 nitrogen and oxygen atoms in total. The Hall–Kier alpha value is -1.26. The van der Waals surface area contributed by atoms with Gasteiger partial charge in [-0.1, -0.05) is 13.8 Å². The fourth-order valence-electron chi connectivity index (χ4n) is 1.20. The normalized spacial score (nSPS) is 12.2. The highest BCUT2D eigenvalue weighted by atomic mass is 16.4. The van der Waals surface area contributed by atoms with Crippen LogP contribution in [0.1, 0.15) is 40.0 Å². The third-order valence-electron chi connectivity index (χ3n) is 2.08. The van der Waals surface area contributed by atoms with Crippen LogP contribution in [0.15, 0.2) is 0 Å². The lowest BCUT2D eigenvalue weighted by Crippen LogP contribution is -2.42. The molecule has 0 aliphatic heterocycles. The van der Waals surface area contributed by atoms with Crippen LogP contribution in [0.25, 0.3) is 0 Å². The number of hydrogen-bond donors (Lipinski definition) is 3. The molecule has 0 aliphatic rings. The molecule has 0 aromatic carbocycles. The zero-order chi connectivity index (χ0) is 12.6. The summed E-state index contributed by atoms with van der Waals surface area (Å²) in [5.74, 6) is -0.371. The van der Waals surface area contributed by atoms with Gasteiger partial charge in [-0.15, -0.1) is 0 Å². The van der Waals surface area contributed by atoms with Gasteiger partial charge < -0.3 is 15.7 Å². The summed E-state index contributed by atoms with van der Waals surface area (Å²) in [6, 6.07) is -0.178. The maximum atomic E-state index is 11.3. The van der Waals surface area contributed by atoms with Crippen molar-refractivity contribution in [1.29, 1.82) is 0 Å². The second-order valence-electron chi connectivity index (χ2n) is 4.44. The van der Waals surface area contributed by atoms with E-state index in [9.17, 15) is 9.59 Å². The van der Waals surface area contributed by atoms with Crippen LogP contribution in [0, 0.1) is 5.92 Å². The van der Waals surface area contributed by atoms with Crippen molar-refractivity contribution in [2.75, 3.05) is 6.54 Å². The smallest absolute Gasteiger partial charge is 0.315 e. The summed E-state index contributed by atoms with van der Waals surface area (Å²) >= 11 is 0. The molecule has 0 aliphatic carbocycles. The van der Waals surface area contributed by atoms with Gasteiger partial charge in [-0.05, 0) is 25.7 Å². The van der Waals surface area contributed by atoms with Crippen LogP contribution < -0.4 is 10.6 Å². The number of carboxylic acids is 1. The fraction of sp³-hybridized carbons (Fsp3) is 0.818. The van der Waals surface area contributed by atoms with Crippen LogP contribution in [-0.4, -0.2) is 29.7 Å². The average molecular weight is 230 g/mol. The summed E-state index contributed by atoms with van der Waals surface area (Å²) in [6.45, 7) is 6.57. The molecular formula is C11H22N2O3. The Balaban J connectivity index is 3.57. The zero-order valence-corrected chi connectivity index (χ0v) is 10.2. The summed E-state index contributed by atoms with van der Waals surface area (Å²) in [5, 5.41) is 14.0. The molecule has 0 aromatic heterocycles. The van der Waals surface area contributed by atoms with Gasteiger partial charge in [0, 0.05) is 19.0 Å². The van der Waals surface area contributed by atoms with Crippen LogP contribution >= 0.6 is 0 Å². The van der Waals surface area contributed by atoms with E-state index in [2.05, 4.69) is 10.6 Å². The van der Waals surface area contributed by atoms with Crippen LogP contribution in [0.2, 0.25) is 0 Å². The van der Waals surface area contributed by atoms with Crippen molar-refractivity contribution in [3.8, 4) is 0 Å². The number of carbonyl (C=O) groups is 2. The fourth-order valence-corrected chi connectivity index (χ4v) is 1.20. The molecule has 0 saturated heterocycles. The number of nitrogens with one attached hydrogen (secondary N) is 2. The molecule has 3 N–H and O–H groups in total. The monoisotopic (exact) mass is 230 g/mol. The van der Waals surface area contributed by atoms with E-state index < -0.39 is 5.97 Å². The molecule has 0 rings (SSSR count). The molecule has 16 heavy (non-hydrogen) atoms. The number of urea groups is 1. The largest absolute Gasteiger partial charge is 0.481 e. The second kappa shape index (κ2) is 7.96. The van der Waals surface area contributed by atoms with E-state index in [1.807, 2.05) is 20.8 Å². The minimum absolute atomic E-state index is 0.00603. The van der Waals surface area contributed by atoms with Crippen LogP contribution in [0.5, 0.6) is 0 Å². The van der Waals surface area contributed by atoms with Crippen molar-refractivity contribution >= 4 is 12.0 Å². The average Bonchev–Trinajstić information content (AvgIpc) is 2.14. The molecular weight excluding hydrogens is 208 g/mol. The van der Waals surface area contributed by atoms with Crippen LogP contribution in [0.4, 0.5) is 4.79 Å². The first kappa shape index (κ1) is 14.7. The minimum atomic E-state index is -0.795. The van der Waals surface area contributed by atoms with E-state index in [1.54, 1.807) is 0 Å². The number of carbonyl (C=O) groups excluding carboxylic acids is 1. The molecule has 94 valence electrons. The van der Waals surface area contributed by atoms with Gasteiger partial charge in [0.2, 0.25) is 0 Å². The van der Waals surface area contributed by atoms with Gasteiger partial charge in [0.25, 0.3) is 0 Å². The Bertz CT molecular complexity index is 229. The summed E-state index contributed by atoms with van der Waals surface area (Å²) in [5.41, 5.74) is 0. The zero-order valence-electron chi connectivity index (χ0n) is 10.2. The van der Waals surface area contributed by atoms with Crippen molar-refractivity contribution in [1.82, 2.24) is 10.6 Å². The molecule has 5 heteroatoms. The first-order valence-corrected chi connectivity index (χ1v) is 5.68. The summed E-state index contributed by atoms with van der Waals surface area (Å²) in [7, 11) is 0. The molecule has 1 unspecified atom stereocenters. The molecule has 0 heterocycles. The van der Waals surface area contributed by atoms with E-state index in [-0.39, 0.29) is 18.5 Å². The van der Waals surface area contributed by atoms with Crippen LogP contribution in [0.3, 0.4) is 0 Å². The third kappa shape index (κ3) is 9.30. The quantitative estimate of drug-likeness (QED) is 0.621. The van der Waals surface area contributed by atoms with E-state index in [0.717, 1.165) is 0 Å². The first-order chi connectivity index (χ1) is 7.41. The van der Waals surface area contributed by atoms with Gasteiger partial charge in [0.1, 0.15) is 0 Å². The third-order valence-corrected chi connectivity index (χ3v) is 2.08. The van der Waals surface area contributed by atoms with Gasteiger partial charge in [-0.3, -0.25) is 4.79 Å². The van der Waals surface area contributed by atoms with E-state index in [1.165, 1.54) is 0 Å². The Labute approximate surface area is 96.6 Å². The Morgan fingerprint density at radius 2 is 1.88 bits per heavy atom. The number of hydrogen-bond acceptors (Lipinski definition) is 2. The Morgan fingerprint density at radius 3 is 2.38 bits per heavy atom. The van der Waals surface area contributed by atoms with E-state index in [0.29, 0.717) is 25.3 Å². The van der Waals surface area contributed by atoms with Crippen molar-refractivity contribution in [3.63, 3.8) is 0 Å². The highest BCUT2D eigenvalue weighted by Gasteiger charge is 2.07. The highest BCUT2D eigenvalue weighted by Crippen LogP contribution is 2.00. The number of aliphatic carboxylic acids is 1. The molecule has 0 aromatic rings. The van der Waals surface area contributed by atoms with E-state index >= 15 is 0 Å². The number of rotatable bonds is 7. The van der Waals surface area contributed by atoms with Crippen molar-refractivity contribution in [2.45, 2.75) is 46.1 Å². The predicted molar refractivity (Wildman–Crippen MR) is 62.3 cm³/mol. The highest BCUT2D eigenvalue weighted by molar-refractivity contribution is 5.74. The summed E-state index contributed by atoms with van der Waals surface area (Å²) < 4.78 is 0. The van der Waals surface area contributed by atoms with E-state index in [4.69, 9.17) is 5.11 Å². The molecule has 0 fully saturated rings. The first-order valence-electron chi connectivity index (χ1n) is 5.68. The predicted octanol–water partition coefficient (Wildman–Crippen LogP) is 1.58. The standard InChI is InChI=1S/C11H22N2O3/c1-8(2)7-12-11(16)13-9(3)5-4-6-10(14)15/h8-9H,4-7H2,1-3H3,(H,14,15)(H2,12,13,16). The lowest BCUT2D eigenvalue weighted by Gasteiger charge is -2.14. The lowest BCUT2D eigenvalue weighted by atomic mass is 10.1. The molecule has 0 radical (unpaired) electrons. The topological polar surface area (TPSA) is 78.4 Å². The lowest BCUT2D eigenvalue weighted by molar-refractivity contribution is -0.137. The van der Waals surface area contributed by atoms with Gasteiger partial charge in [0.15, 0.2) is 0 Å². The van der Waals surface area contributed by atoms with Crippen LogP contribution in [-0.2, 0) is 4.79 Å². The Morgan fingerprint density at radius 1 is 1.25 bits per heavy atom. The van der Waals surface area contributed by atoms with Gasteiger partial charge in [-0.2, -0.15) is 0 Å². The van der Waals surface area contributed by atoms with Gasteiger partial charge in [0.05, 0.1) is 0 Å². The maximum Gasteiger partial charge on any atom is 0.315 e. The van der Waals surface area contributed by atoms with Gasteiger partial charge in [-0.25, -0.2) is 4.79 Å². The summed E-state index contributed by atoms with van der Waals surface area (Å²) in [4.78, 5) is 21.6. The number of amides is 2. The minimum Gasteiger partial charge on any atom is -0.481 e. The summed E-state index contributed by atoms with van der Waals surface area (Å²) in [6.07, 6.45) is 1.42. The molecule has 1 atom stereocenters. The SMILES string of the molecule is CC(C)CNC(=O)NC(C)CCCC(=O)O. The molecule has 2 amide bonds. The number of carboxylic acid groups (broad SMARTS) is 1. The molecule has 0 saturated carbocycles. The maximum absolute atomic E-state index is 11.3. The molecule has 0 spiro atoms. The Kier molecular flexibility index (Phi) is 7.33. The van der Waals surface area contributed by atoms with Gasteiger partial charge >= 0.3 is 12.0 Å².